The largest absolute Gasteiger partial charge is 0.381 e. The smallest absolute Gasteiger partial charge is 0.0576 e. The molecule has 4 atom stereocenters. The molecule has 0 aliphatic heterocycles. The number of hydrogen-bond acceptors (Lipinski definition) is 2. The summed E-state index contributed by atoms with van der Waals surface area (Å²) in [6, 6.07) is 0. The molecule has 0 bridgehead atoms. The fraction of sp³-hybridized carbons (Fsp3) is 1.00. The molecule has 0 aromatic heterocycles. The normalized spacial score (nSPS) is 52.8. The summed E-state index contributed by atoms with van der Waals surface area (Å²) in [6.07, 6.45) is 5.42. The van der Waals surface area contributed by atoms with Crippen molar-refractivity contribution in [2.75, 3.05) is 7.11 Å². The van der Waals surface area contributed by atoms with Crippen molar-refractivity contribution in [2.24, 2.45) is 17.6 Å². The Kier molecular flexibility index (Phi) is 1.92. The highest BCUT2D eigenvalue weighted by Gasteiger charge is 2.45. The Balaban J connectivity index is 1.97. The molecule has 2 aliphatic rings. The third kappa shape index (κ3) is 1.38. The molecule has 2 saturated carbocycles. The zero-order valence-corrected chi connectivity index (χ0v) is 8.05. The predicted molar refractivity (Wildman–Crippen MR) is 48.8 cm³/mol. The number of rotatable bonds is 1. The van der Waals surface area contributed by atoms with Crippen LogP contribution in [0.25, 0.3) is 0 Å². The second-order valence-electron chi connectivity index (χ2n) is 4.91. The van der Waals surface area contributed by atoms with E-state index >= 15 is 0 Å². The van der Waals surface area contributed by atoms with E-state index in [9.17, 15) is 0 Å². The first-order valence-corrected chi connectivity index (χ1v) is 4.92. The molecule has 70 valence electrons. The van der Waals surface area contributed by atoms with Gasteiger partial charge in [-0.15, -0.1) is 0 Å². The van der Waals surface area contributed by atoms with Crippen molar-refractivity contribution in [3.05, 3.63) is 0 Å². The van der Waals surface area contributed by atoms with Gasteiger partial charge in [0.2, 0.25) is 0 Å². The van der Waals surface area contributed by atoms with Gasteiger partial charge in [0.1, 0.15) is 0 Å². The van der Waals surface area contributed by atoms with Gasteiger partial charge in [0, 0.05) is 12.6 Å². The zero-order valence-electron chi connectivity index (χ0n) is 8.05. The Labute approximate surface area is 74.5 Å². The lowest BCUT2D eigenvalue weighted by atomic mass is 9.97. The lowest BCUT2D eigenvalue weighted by molar-refractivity contribution is 0.0990. The summed E-state index contributed by atoms with van der Waals surface area (Å²) in [4.78, 5) is 0. The van der Waals surface area contributed by atoms with Crippen LogP contribution < -0.4 is 5.73 Å². The highest BCUT2D eigenvalue weighted by molar-refractivity contribution is 5.00. The quantitative estimate of drug-likeness (QED) is 0.646. The molecule has 2 aliphatic carbocycles. The van der Waals surface area contributed by atoms with Crippen molar-refractivity contribution in [3.8, 4) is 0 Å². The Hall–Kier alpha value is -0.0800. The molecule has 2 fully saturated rings. The van der Waals surface area contributed by atoms with Crippen molar-refractivity contribution in [1.29, 1.82) is 0 Å². The Bertz CT molecular complexity index is 163. The predicted octanol–water partition coefficient (Wildman–Crippen LogP) is 1.54. The van der Waals surface area contributed by atoms with E-state index in [2.05, 4.69) is 6.92 Å². The second-order valence-corrected chi connectivity index (χ2v) is 4.91. The summed E-state index contributed by atoms with van der Waals surface area (Å²) < 4.78 is 5.37. The van der Waals surface area contributed by atoms with Crippen LogP contribution in [0.1, 0.15) is 32.6 Å². The van der Waals surface area contributed by atoms with Gasteiger partial charge in [-0.3, -0.25) is 0 Å². The van der Waals surface area contributed by atoms with Gasteiger partial charge in [0.15, 0.2) is 0 Å². The van der Waals surface area contributed by atoms with Crippen LogP contribution in [0.3, 0.4) is 0 Å². The summed E-state index contributed by atoms with van der Waals surface area (Å²) in [6.45, 7) is 2.19. The first kappa shape index (κ1) is 8.52. The minimum absolute atomic E-state index is 0.119. The van der Waals surface area contributed by atoms with Crippen LogP contribution in [0.5, 0.6) is 0 Å². The molecule has 2 heteroatoms. The maximum absolute atomic E-state index is 6.11. The third-order valence-electron chi connectivity index (χ3n) is 3.59. The SMILES string of the molecule is CO[C@@H]1C[C@@H]2C[C@](C)(N)C[C@@H]2C1. The molecule has 0 radical (unpaired) electrons. The monoisotopic (exact) mass is 169 g/mol. The fourth-order valence-electron chi connectivity index (χ4n) is 3.13. The van der Waals surface area contributed by atoms with Gasteiger partial charge < -0.3 is 10.5 Å². The minimum atomic E-state index is 0.119. The van der Waals surface area contributed by atoms with Gasteiger partial charge in [-0.25, -0.2) is 0 Å². The average molecular weight is 169 g/mol. The first-order valence-electron chi connectivity index (χ1n) is 4.92. The molecule has 2 N–H and O–H groups in total. The molecule has 0 saturated heterocycles. The van der Waals surface area contributed by atoms with Crippen LogP contribution in [0.4, 0.5) is 0 Å². The summed E-state index contributed by atoms with van der Waals surface area (Å²) in [5.41, 5.74) is 6.23. The van der Waals surface area contributed by atoms with E-state index in [0.717, 1.165) is 11.8 Å². The maximum atomic E-state index is 6.11. The van der Waals surface area contributed by atoms with Crippen molar-refractivity contribution in [1.82, 2.24) is 0 Å². The third-order valence-corrected chi connectivity index (χ3v) is 3.59. The lowest BCUT2D eigenvalue weighted by Gasteiger charge is -2.19. The topological polar surface area (TPSA) is 35.2 Å². The molecule has 2 rings (SSSR count). The lowest BCUT2D eigenvalue weighted by Crippen LogP contribution is -2.33. The summed E-state index contributed by atoms with van der Waals surface area (Å²) in [5, 5.41) is 0. The van der Waals surface area contributed by atoms with Gasteiger partial charge in [-0.1, -0.05) is 0 Å². The fourth-order valence-corrected chi connectivity index (χ4v) is 3.13. The molecule has 0 heterocycles. The molecule has 0 spiro atoms. The minimum Gasteiger partial charge on any atom is -0.381 e. The van der Waals surface area contributed by atoms with E-state index in [4.69, 9.17) is 10.5 Å². The van der Waals surface area contributed by atoms with Crippen molar-refractivity contribution < 1.29 is 4.74 Å². The Morgan fingerprint density at radius 1 is 1.25 bits per heavy atom. The van der Waals surface area contributed by atoms with Gasteiger partial charge in [-0.2, -0.15) is 0 Å². The molecule has 0 amide bonds. The number of fused-ring (bicyclic) bond motifs is 1. The number of nitrogens with two attached hydrogens (primary N) is 1. The molecular weight excluding hydrogens is 150 g/mol. The second kappa shape index (κ2) is 2.71. The van der Waals surface area contributed by atoms with Crippen molar-refractivity contribution in [3.63, 3.8) is 0 Å². The van der Waals surface area contributed by atoms with E-state index in [-0.39, 0.29) is 5.54 Å². The Morgan fingerprint density at radius 3 is 2.17 bits per heavy atom. The van der Waals surface area contributed by atoms with Crippen molar-refractivity contribution in [2.45, 2.75) is 44.2 Å². The number of methoxy groups -OCH3 is 1. The van der Waals surface area contributed by atoms with Crippen LogP contribution in [-0.4, -0.2) is 18.8 Å². The molecular formula is C10H19NO. The summed E-state index contributed by atoms with van der Waals surface area (Å²) >= 11 is 0. The molecule has 0 aromatic rings. The number of hydrogen-bond donors (Lipinski definition) is 1. The van der Waals surface area contributed by atoms with E-state index < -0.39 is 0 Å². The van der Waals surface area contributed by atoms with E-state index in [1.807, 2.05) is 7.11 Å². The van der Waals surface area contributed by atoms with Gasteiger partial charge in [0.25, 0.3) is 0 Å². The van der Waals surface area contributed by atoms with Crippen LogP contribution >= 0.6 is 0 Å². The van der Waals surface area contributed by atoms with E-state index in [1.165, 1.54) is 25.7 Å². The van der Waals surface area contributed by atoms with Crippen LogP contribution in [0, 0.1) is 11.8 Å². The summed E-state index contributed by atoms with van der Waals surface area (Å²) in [7, 11) is 1.83. The summed E-state index contributed by atoms with van der Waals surface area (Å²) in [5.74, 6) is 1.70. The molecule has 0 aromatic carbocycles. The van der Waals surface area contributed by atoms with Gasteiger partial charge in [-0.05, 0) is 44.4 Å². The van der Waals surface area contributed by atoms with Crippen LogP contribution in [0.15, 0.2) is 0 Å². The van der Waals surface area contributed by atoms with Crippen molar-refractivity contribution >= 4 is 0 Å². The van der Waals surface area contributed by atoms with E-state index in [0.29, 0.717) is 6.10 Å². The van der Waals surface area contributed by atoms with Crippen LogP contribution in [-0.2, 0) is 4.74 Å². The Morgan fingerprint density at radius 2 is 1.75 bits per heavy atom. The highest BCUT2D eigenvalue weighted by Crippen LogP contribution is 2.48. The first-order chi connectivity index (χ1) is 5.61. The standard InChI is InChI=1S/C10H19NO/c1-10(11)5-7-3-9(12-2)4-8(7)6-10/h7-9H,3-6,11H2,1-2H3/t7-,8+,9-,10+. The van der Waals surface area contributed by atoms with E-state index in [1.54, 1.807) is 0 Å². The van der Waals surface area contributed by atoms with Gasteiger partial charge >= 0.3 is 0 Å². The highest BCUT2D eigenvalue weighted by atomic mass is 16.5. The molecule has 12 heavy (non-hydrogen) atoms. The molecule has 2 nitrogen and oxygen atoms in total. The molecule has 0 unspecified atom stereocenters. The number of ether oxygens (including phenoxy) is 1. The average Bonchev–Trinajstić information content (AvgIpc) is 2.40. The zero-order chi connectivity index (χ0) is 8.77. The maximum Gasteiger partial charge on any atom is 0.0576 e. The van der Waals surface area contributed by atoms with Crippen LogP contribution in [0.2, 0.25) is 0 Å². The van der Waals surface area contributed by atoms with Gasteiger partial charge in [0.05, 0.1) is 6.10 Å².